The predicted molar refractivity (Wildman–Crippen MR) is 125 cm³/mol. The fourth-order valence-electron chi connectivity index (χ4n) is 4.31. The van der Waals surface area contributed by atoms with Crippen LogP contribution in [0.3, 0.4) is 0 Å². The van der Waals surface area contributed by atoms with Gasteiger partial charge in [-0.1, -0.05) is 23.7 Å². The molecule has 2 heterocycles. The van der Waals surface area contributed by atoms with Crippen molar-refractivity contribution in [1.29, 1.82) is 0 Å². The molecule has 2 aromatic carbocycles. The molecule has 1 atom stereocenters. The molecule has 2 saturated heterocycles. The lowest BCUT2D eigenvalue weighted by atomic mass is 9.98. The Balaban J connectivity index is 1.36. The van der Waals surface area contributed by atoms with Gasteiger partial charge in [-0.25, -0.2) is 12.7 Å². The highest BCUT2D eigenvalue weighted by Crippen LogP contribution is 2.25. The molecule has 6 nitrogen and oxygen atoms in total. The Hall–Kier alpha value is -2.09. The van der Waals surface area contributed by atoms with E-state index in [-0.39, 0.29) is 24.1 Å². The third-order valence-corrected chi connectivity index (χ3v) is 8.04. The lowest BCUT2D eigenvalue weighted by Crippen LogP contribution is -2.44. The zero-order chi connectivity index (χ0) is 21.8. The number of nitrogens with zero attached hydrogens (tertiary/aromatic N) is 2. The number of hydrogen-bond acceptors (Lipinski definition) is 4. The SMILES string of the molecule is O=C(Nc1ccc(N2CCCC2)cc1)[C@@H]1CCCN(S(=O)(=O)Cc2cccc(Cl)c2)C1. The van der Waals surface area contributed by atoms with Crippen molar-refractivity contribution in [3.63, 3.8) is 0 Å². The Morgan fingerprint density at radius 1 is 1.03 bits per heavy atom. The lowest BCUT2D eigenvalue weighted by Gasteiger charge is -2.31. The number of sulfonamides is 1. The molecule has 0 aliphatic carbocycles. The molecule has 0 radical (unpaired) electrons. The Kier molecular flexibility index (Phi) is 6.84. The van der Waals surface area contributed by atoms with Gasteiger partial charge in [0.15, 0.2) is 0 Å². The van der Waals surface area contributed by atoms with Crippen LogP contribution in [0.15, 0.2) is 48.5 Å². The highest BCUT2D eigenvalue weighted by molar-refractivity contribution is 7.88. The van der Waals surface area contributed by atoms with Crippen LogP contribution in [-0.4, -0.2) is 44.8 Å². The predicted octanol–water partition coefficient (Wildman–Crippen LogP) is 4.12. The molecule has 8 heteroatoms. The molecule has 1 amide bonds. The second-order valence-corrected chi connectivity index (χ2v) is 10.7. The number of hydrogen-bond donors (Lipinski definition) is 1. The van der Waals surface area contributed by atoms with E-state index in [1.165, 1.54) is 22.8 Å². The number of amides is 1. The minimum atomic E-state index is -3.52. The van der Waals surface area contributed by atoms with Crippen LogP contribution in [-0.2, 0) is 20.6 Å². The average Bonchev–Trinajstić information content (AvgIpc) is 3.29. The van der Waals surface area contributed by atoms with Crippen molar-refractivity contribution >= 4 is 38.9 Å². The van der Waals surface area contributed by atoms with E-state index in [1.54, 1.807) is 24.3 Å². The third-order valence-electron chi connectivity index (χ3n) is 5.99. The Morgan fingerprint density at radius 2 is 1.77 bits per heavy atom. The van der Waals surface area contributed by atoms with Crippen molar-refractivity contribution in [2.45, 2.75) is 31.4 Å². The summed E-state index contributed by atoms with van der Waals surface area (Å²) in [6, 6.07) is 14.8. The smallest absolute Gasteiger partial charge is 0.228 e. The van der Waals surface area contributed by atoms with E-state index in [0.717, 1.165) is 18.8 Å². The summed E-state index contributed by atoms with van der Waals surface area (Å²) in [7, 11) is -3.52. The van der Waals surface area contributed by atoms with Gasteiger partial charge in [0.25, 0.3) is 0 Å². The van der Waals surface area contributed by atoms with E-state index in [4.69, 9.17) is 11.6 Å². The summed E-state index contributed by atoms with van der Waals surface area (Å²) < 4.78 is 27.2. The summed E-state index contributed by atoms with van der Waals surface area (Å²) in [5.41, 5.74) is 2.57. The highest BCUT2D eigenvalue weighted by atomic mass is 35.5. The first-order chi connectivity index (χ1) is 14.9. The van der Waals surface area contributed by atoms with Gasteiger partial charge in [-0.15, -0.1) is 0 Å². The first-order valence-corrected chi connectivity index (χ1v) is 12.8. The summed E-state index contributed by atoms with van der Waals surface area (Å²) >= 11 is 5.98. The summed E-state index contributed by atoms with van der Waals surface area (Å²) in [6.07, 6.45) is 3.79. The maximum atomic E-state index is 12.9. The molecule has 2 fully saturated rings. The molecule has 2 aromatic rings. The van der Waals surface area contributed by atoms with Gasteiger partial charge in [-0.05, 0) is 67.6 Å². The lowest BCUT2D eigenvalue weighted by molar-refractivity contribution is -0.120. The maximum absolute atomic E-state index is 12.9. The molecule has 0 saturated carbocycles. The van der Waals surface area contributed by atoms with Crippen LogP contribution in [0.1, 0.15) is 31.2 Å². The quantitative estimate of drug-likeness (QED) is 0.702. The van der Waals surface area contributed by atoms with Gasteiger partial charge < -0.3 is 10.2 Å². The van der Waals surface area contributed by atoms with Gasteiger partial charge in [-0.3, -0.25) is 4.79 Å². The minimum absolute atomic E-state index is 0.111. The molecule has 0 unspecified atom stereocenters. The van der Waals surface area contributed by atoms with E-state index in [0.29, 0.717) is 30.0 Å². The van der Waals surface area contributed by atoms with Crippen LogP contribution >= 0.6 is 11.6 Å². The van der Waals surface area contributed by atoms with Crippen LogP contribution in [0.2, 0.25) is 5.02 Å². The van der Waals surface area contributed by atoms with E-state index in [9.17, 15) is 13.2 Å². The molecule has 4 rings (SSSR count). The topological polar surface area (TPSA) is 69.7 Å². The molecule has 1 N–H and O–H groups in total. The van der Waals surface area contributed by atoms with E-state index < -0.39 is 10.0 Å². The first-order valence-electron chi connectivity index (χ1n) is 10.8. The highest BCUT2D eigenvalue weighted by Gasteiger charge is 2.32. The number of carbonyl (C=O) groups excluding carboxylic acids is 1. The minimum Gasteiger partial charge on any atom is -0.372 e. The number of anilines is 2. The molecule has 0 aromatic heterocycles. The number of carbonyl (C=O) groups is 1. The fourth-order valence-corrected chi connectivity index (χ4v) is 6.12. The number of rotatable bonds is 6. The monoisotopic (exact) mass is 461 g/mol. The summed E-state index contributed by atoms with van der Waals surface area (Å²) in [4.78, 5) is 15.2. The van der Waals surface area contributed by atoms with Crippen molar-refractivity contribution in [3.8, 4) is 0 Å². The Bertz CT molecular complexity index is 1020. The zero-order valence-corrected chi connectivity index (χ0v) is 19.0. The molecule has 0 bridgehead atoms. The van der Waals surface area contributed by atoms with Gasteiger partial charge in [0, 0.05) is 42.6 Å². The number of benzene rings is 2. The van der Waals surface area contributed by atoms with Gasteiger partial charge in [0.05, 0.1) is 11.7 Å². The summed E-state index contributed by atoms with van der Waals surface area (Å²) in [6.45, 7) is 2.80. The van der Waals surface area contributed by atoms with E-state index in [1.807, 2.05) is 24.3 Å². The second kappa shape index (κ2) is 9.59. The molecular formula is C23H28ClN3O3S. The fraction of sp³-hybridized carbons (Fsp3) is 0.435. The molecule has 2 aliphatic rings. The zero-order valence-electron chi connectivity index (χ0n) is 17.5. The molecule has 31 heavy (non-hydrogen) atoms. The molecule has 2 aliphatic heterocycles. The largest absolute Gasteiger partial charge is 0.372 e. The molecular weight excluding hydrogens is 434 g/mol. The van der Waals surface area contributed by atoms with Crippen molar-refractivity contribution in [2.75, 3.05) is 36.4 Å². The maximum Gasteiger partial charge on any atom is 0.228 e. The number of halogens is 1. The van der Waals surface area contributed by atoms with Gasteiger partial charge in [-0.2, -0.15) is 0 Å². The van der Waals surface area contributed by atoms with E-state index in [2.05, 4.69) is 10.2 Å². The van der Waals surface area contributed by atoms with Crippen molar-refractivity contribution in [1.82, 2.24) is 4.31 Å². The van der Waals surface area contributed by atoms with Gasteiger partial charge >= 0.3 is 0 Å². The van der Waals surface area contributed by atoms with Gasteiger partial charge in [0.2, 0.25) is 15.9 Å². The van der Waals surface area contributed by atoms with Gasteiger partial charge in [0.1, 0.15) is 0 Å². The standard InChI is InChI=1S/C23H28ClN3O3S/c24-20-7-3-5-18(15-20)17-31(29,30)27-14-4-6-19(16-27)23(28)25-21-8-10-22(11-9-21)26-12-1-2-13-26/h3,5,7-11,15,19H,1-2,4,6,12-14,16-17H2,(H,25,28)/t19-/m1/s1. The van der Waals surface area contributed by atoms with Crippen LogP contribution in [0.4, 0.5) is 11.4 Å². The summed E-state index contributed by atoms with van der Waals surface area (Å²) in [5, 5.41) is 3.48. The van der Waals surface area contributed by atoms with Crippen molar-refractivity contribution in [3.05, 3.63) is 59.1 Å². The van der Waals surface area contributed by atoms with Crippen LogP contribution in [0.5, 0.6) is 0 Å². The number of piperidine rings is 1. The normalized spacial score (nSPS) is 20.0. The van der Waals surface area contributed by atoms with Crippen molar-refractivity contribution < 1.29 is 13.2 Å². The second-order valence-electron chi connectivity index (χ2n) is 8.31. The van der Waals surface area contributed by atoms with Crippen LogP contribution in [0.25, 0.3) is 0 Å². The summed E-state index contributed by atoms with van der Waals surface area (Å²) in [5.74, 6) is -0.599. The Labute approximate surface area is 189 Å². The van der Waals surface area contributed by atoms with Crippen molar-refractivity contribution in [2.24, 2.45) is 5.92 Å². The van der Waals surface area contributed by atoms with E-state index >= 15 is 0 Å². The number of nitrogens with one attached hydrogen (secondary N) is 1. The van der Waals surface area contributed by atoms with Crippen LogP contribution in [0, 0.1) is 5.92 Å². The average molecular weight is 462 g/mol. The van der Waals surface area contributed by atoms with Crippen LogP contribution < -0.4 is 10.2 Å². The Morgan fingerprint density at radius 3 is 2.48 bits per heavy atom. The molecule has 166 valence electrons. The molecule has 0 spiro atoms. The third kappa shape index (κ3) is 5.59. The first kappa shape index (κ1) is 22.1.